The van der Waals surface area contributed by atoms with Crippen LogP contribution in [0.15, 0.2) is 51.7 Å². The molecule has 1 aliphatic carbocycles. The molecule has 6 N–H and O–H groups in total. The van der Waals surface area contributed by atoms with Crippen molar-refractivity contribution in [2.45, 2.75) is 42.4 Å². The quantitative estimate of drug-likeness (QED) is 0.299. The minimum Gasteiger partial charge on any atom is -0.507 e. The van der Waals surface area contributed by atoms with Crippen molar-refractivity contribution in [3.63, 3.8) is 0 Å². The molecule has 0 spiro atoms. The lowest BCUT2D eigenvalue weighted by Gasteiger charge is -2.41. The lowest BCUT2D eigenvalue weighted by Crippen LogP contribution is -2.60. The number of methoxy groups -OCH3 is 1. The van der Waals surface area contributed by atoms with E-state index in [9.17, 15) is 35.4 Å². The van der Waals surface area contributed by atoms with E-state index in [2.05, 4.69) is 0 Å². The summed E-state index contributed by atoms with van der Waals surface area (Å²) in [6.07, 6.45) is -2.46. The van der Waals surface area contributed by atoms with E-state index in [0.29, 0.717) is 0 Å². The average molecular weight is 464 g/mol. The highest BCUT2D eigenvalue weighted by Crippen LogP contribution is 2.34. The molecule has 0 bridgehead atoms. The molecule has 11 nitrogen and oxygen atoms in total. The van der Waals surface area contributed by atoms with E-state index in [1.165, 1.54) is 43.5 Å². The standard InChI is InChI=1S/C22H24O11/c1-30-11-6-12(24)17-13(25)8-16(32-14(17)7-11)22(29)4-2-10(3-5-22)31-20-15(9-23)33-21(28)19(27)18(20)26/h2-8,10,15,18-21,23-24,26-29H,9H2,1H3/t10?,15-,18-,19-,20-,21-,22?/m1/s1. The Morgan fingerprint density at radius 2 is 1.79 bits per heavy atom. The second-order valence-electron chi connectivity index (χ2n) is 7.83. The number of aromatic hydroxyl groups is 1. The van der Waals surface area contributed by atoms with Crippen LogP contribution in [0, 0.1) is 0 Å². The topological polar surface area (TPSA) is 179 Å². The van der Waals surface area contributed by atoms with Crippen molar-refractivity contribution in [3.8, 4) is 11.5 Å². The molecule has 1 aromatic heterocycles. The highest BCUT2D eigenvalue weighted by atomic mass is 16.7. The van der Waals surface area contributed by atoms with Gasteiger partial charge >= 0.3 is 0 Å². The van der Waals surface area contributed by atoms with E-state index in [1.54, 1.807) is 0 Å². The summed E-state index contributed by atoms with van der Waals surface area (Å²) in [4.78, 5) is 12.5. The van der Waals surface area contributed by atoms with Crippen LogP contribution in [0.3, 0.4) is 0 Å². The fourth-order valence-corrected chi connectivity index (χ4v) is 3.83. The van der Waals surface area contributed by atoms with Gasteiger partial charge in [-0.05, 0) is 12.2 Å². The van der Waals surface area contributed by atoms with Gasteiger partial charge in [-0.3, -0.25) is 4.79 Å². The van der Waals surface area contributed by atoms with Crippen molar-refractivity contribution >= 4 is 11.0 Å². The van der Waals surface area contributed by atoms with Gasteiger partial charge in [0.2, 0.25) is 0 Å². The predicted octanol–water partition coefficient (Wildman–Crippen LogP) is -0.994. The van der Waals surface area contributed by atoms with E-state index in [0.717, 1.165) is 6.07 Å². The maximum atomic E-state index is 12.5. The van der Waals surface area contributed by atoms with E-state index < -0.39 is 54.4 Å². The van der Waals surface area contributed by atoms with Crippen molar-refractivity contribution in [1.29, 1.82) is 0 Å². The molecule has 0 saturated carbocycles. The molecule has 0 radical (unpaired) electrons. The first-order chi connectivity index (χ1) is 15.7. The molecule has 2 aliphatic rings. The van der Waals surface area contributed by atoms with Crippen molar-refractivity contribution in [3.05, 3.63) is 58.5 Å². The van der Waals surface area contributed by atoms with Gasteiger partial charge in [0.15, 0.2) is 17.3 Å². The van der Waals surface area contributed by atoms with Crippen molar-refractivity contribution in [2.75, 3.05) is 13.7 Å². The third-order valence-corrected chi connectivity index (χ3v) is 5.65. The Hall–Kier alpha value is -2.77. The minimum absolute atomic E-state index is 0.0174. The lowest BCUT2D eigenvalue weighted by molar-refractivity contribution is -0.296. The summed E-state index contributed by atoms with van der Waals surface area (Å²) in [6.45, 7) is -0.575. The summed E-state index contributed by atoms with van der Waals surface area (Å²) in [5, 5.41) is 60.2. The third-order valence-electron chi connectivity index (χ3n) is 5.65. The van der Waals surface area contributed by atoms with Gasteiger partial charge < -0.3 is 49.3 Å². The summed E-state index contributed by atoms with van der Waals surface area (Å²) in [5.74, 6) is -0.181. The zero-order valence-corrected chi connectivity index (χ0v) is 17.4. The highest BCUT2D eigenvalue weighted by Gasteiger charge is 2.45. The number of benzene rings is 1. The Morgan fingerprint density at radius 3 is 2.42 bits per heavy atom. The normalized spacial score (nSPS) is 34.0. The summed E-state index contributed by atoms with van der Waals surface area (Å²) in [7, 11) is 1.39. The zero-order valence-electron chi connectivity index (χ0n) is 17.4. The largest absolute Gasteiger partial charge is 0.507 e. The van der Waals surface area contributed by atoms with E-state index in [1.807, 2.05) is 0 Å². The smallest absolute Gasteiger partial charge is 0.196 e. The summed E-state index contributed by atoms with van der Waals surface area (Å²) in [6, 6.07) is 3.74. The molecular weight excluding hydrogens is 440 g/mol. The zero-order chi connectivity index (χ0) is 23.9. The second kappa shape index (κ2) is 8.88. The molecule has 2 heterocycles. The Labute approximate surface area is 187 Å². The lowest BCUT2D eigenvalue weighted by atomic mass is 9.93. The van der Waals surface area contributed by atoms with Gasteiger partial charge in [-0.1, -0.05) is 12.2 Å². The maximum Gasteiger partial charge on any atom is 0.196 e. The maximum absolute atomic E-state index is 12.5. The number of phenols is 1. The van der Waals surface area contributed by atoms with Crippen LogP contribution in [0.25, 0.3) is 11.0 Å². The Balaban J connectivity index is 1.58. The fraction of sp³-hybridized carbons (Fsp3) is 0.409. The molecule has 5 atom stereocenters. The van der Waals surface area contributed by atoms with Gasteiger partial charge in [-0.15, -0.1) is 0 Å². The molecule has 1 aromatic carbocycles. The van der Waals surface area contributed by atoms with Crippen LogP contribution in [0.5, 0.6) is 11.5 Å². The number of rotatable bonds is 5. The molecule has 0 amide bonds. The first kappa shape index (κ1) is 23.4. The molecule has 1 saturated heterocycles. The number of phenolic OH excluding ortho intramolecular Hbond substituents is 1. The number of ether oxygens (including phenoxy) is 3. The number of hydrogen-bond acceptors (Lipinski definition) is 11. The first-order valence-electron chi connectivity index (χ1n) is 10.1. The molecule has 1 aliphatic heterocycles. The third kappa shape index (κ3) is 4.27. The highest BCUT2D eigenvalue weighted by molar-refractivity contribution is 5.84. The number of fused-ring (bicyclic) bond motifs is 1. The fourth-order valence-electron chi connectivity index (χ4n) is 3.83. The molecule has 4 rings (SSSR count). The molecule has 33 heavy (non-hydrogen) atoms. The summed E-state index contributed by atoms with van der Waals surface area (Å²) < 4.78 is 21.5. The Kier molecular flexibility index (Phi) is 6.29. The van der Waals surface area contributed by atoms with E-state index >= 15 is 0 Å². The van der Waals surface area contributed by atoms with Crippen LogP contribution in [0.4, 0.5) is 0 Å². The molecule has 1 fully saturated rings. The van der Waals surface area contributed by atoms with Crippen LogP contribution < -0.4 is 10.2 Å². The van der Waals surface area contributed by atoms with Crippen LogP contribution in [0.2, 0.25) is 0 Å². The molecule has 178 valence electrons. The van der Waals surface area contributed by atoms with Gasteiger partial charge in [0.1, 0.15) is 52.6 Å². The van der Waals surface area contributed by atoms with Gasteiger partial charge in [0.05, 0.1) is 19.8 Å². The first-order valence-corrected chi connectivity index (χ1v) is 10.1. The summed E-state index contributed by atoms with van der Waals surface area (Å²) >= 11 is 0. The molecule has 0 unspecified atom stereocenters. The predicted molar refractivity (Wildman–Crippen MR) is 112 cm³/mol. The van der Waals surface area contributed by atoms with Gasteiger partial charge in [-0.25, -0.2) is 0 Å². The molecule has 2 aromatic rings. The van der Waals surface area contributed by atoms with Crippen molar-refractivity contribution in [1.82, 2.24) is 0 Å². The Bertz CT molecular complexity index is 1120. The van der Waals surface area contributed by atoms with Crippen molar-refractivity contribution < 1.29 is 49.3 Å². The summed E-state index contributed by atoms with van der Waals surface area (Å²) in [5.41, 5.74) is -2.37. The van der Waals surface area contributed by atoms with Gasteiger partial charge in [-0.2, -0.15) is 0 Å². The van der Waals surface area contributed by atoms with Gasteiger partial charge in [0, 0.05) is 18.2 Å². The number of hydrogen-bond donors (Lipinski definition) is 6. The van der Waals surface area contributed by atoms with Crippen LogP contribution >= 0.6 is 0 Å². The number of aliphatic hydroxyl groups excluding tert-OH is 4. The van der Waals surface area contributed by atoms with Crippen molar-refractivity contribution in [2.24, 2.45) is 0 Å². The molecular formula is C22H24O11. The monoisotopic (exact) mass is 464 g/mol. The van der Waals surface area contributed by atoms with Crippen LogP contribution in [0.1, 0.15) is 5.76 Å². The van der Waals surface area contributed by atoms with Gasteiger partial charge in [0.25, 0.3) is 0 Å². The number of aliphatic hydroxyl groups is 5. The molecule has 11 heteroatoms. The Morgan fingerprint density at radius 1 is 1.09 bits per heavy atom. The SMILES string of the molecule is COc1cc(O)c2c(=O)cc(C3(O)C=CC(O[C@H]4[C@H](O)[C@@H](O)[C@H](O)O[C@@H]4CO)C=C3)oc2c1. The van der Waals surface area contributed by atoms with Crippen LogP contribution in [-0.4, -0.2) is 81.2 Å². The van der Waals surface area contributed by atoms with E-state index in [4.69, 9.17) is 18.6 Å². The minimum atomic E-state index is -1.82. The van der Waals surface area contributed by atoms with Crippen LogP contribution in [-0.2, 0) is 15.1 Å². The second-order valence-corrected chi connectivity index (χ2v) is 7.83. The average Bonchev–Trinajstić information content (AvgIpc) is 2.80. The van der Waals surface area contributed by atoms with E-state index in [-0.39, 0.29) is 28.2 Å².